The van der Waals surface area contributed by atoms with Crippen LogP contribution in [-0.4, -0.2) is 123 Å². The van der Waals surface area contributed by atoms with E-state index in [4.69, 9.17) is 9.47 Å². The lowest BCUT2D eigenvalue weighted by molar-refractivity contribution is 0.0381. The SMILES string of the molecule is CCOC(=O)N1CCC(N2CCN(C(=O)NCCN3CCOCC3)CC2)CC1. The molecule has 0 radical (unpaired) electrons. The zero-order chi connectivity index (χ0) is 19.8. The number of nitrogens with zero attached hydrogens (tertiary/aromatic N) is 4. The number of carbonyl (C=O) groups is 2. The molecule has 3 amide bonds. The highest BCUT2D eigenvalue weighted by atomic mass is 16.6. The van der Waals surface area contributed by atoms with E-state index in [1.54, 1.807) is 4.90 Å². The summed E-state index contributed by atoms with van der Waals surface area (Å²) < 4.78 is 10.4. The second-order valence-corrected chi connectivity index (χ2v) is 7.63. The van der Waals surface area contributed by atoms with Gasteiger partial charge in [0.1, 0.15) is 0 Å². The molecule has 3 saturated heterocycles. The van der Waals surface area contributed by atoms with Crippen LogP contribution in [0.1, 0.15) is 19.8 Å². The van der Waals surface area contributed by atoms with Crippen molar-refractivity contribution < 1.29 is 19.1 Å². The molecule has 9 nitrogen and oxygen atoms in total. The van der Waals surface area contributed by atoms with Gasteiger partial charge < -0.3 is 24.6 Å². The number of hydrogen-bond donors (Lipinski definition) is 1. The van der Waals surface area contributed by atoms with Crippen LogP contribution in [-0.2, 0) is 9.47 Å². The minimum atomic E-state index is -0.195. The Bertz CT molecular complexity index is 499. The molecule has 0 aromatic heterocycles. The molecule has 160 valence electrons. The second kappa shape index (κ2) is 10.8. The average molecular weight is 398 g/mol. The van der Waals surface area contributed by atoms with E-state index in [1.807, 2.05) is 11.8 Å². The molecule has 0 bridgehead atoms. The molecule has 3 fully saturated rings. The summed E-state index contributed by atoms with van der Waals surface area (Å²) in [6, 6.07) is 0.544. The molecular weight excluding hydrogens is 362 g/mol. The van der Waals surface area contributed by atoms with Crippen molar-refractivity contribution in [2.24, 2.45) is 0 Å². The Hall–Kier alpha value is -1.58. The molecule has 3 aliphatic heterocycles. The first-order valence-corrected chi connectivity index (χ1v) is 10.7. The third-order valence-corrected chi connectivity index (χ3v) is 5.92. The molecule has 0 spiro atoms. The highest BCUT2D eigenvalue weighted by Crippen LogP contribution is 2.19. The summed E-state index contributed by atoms with van der Waals surface area (Å²) >= 11 is 0. The molecule has 0 atom stereocenters. The number of likely N-dealkylation sites (tertiary alicyclic amines) is 1. The summed E-state index contributed by atoms with van der Waals surface area (Å²) in [5, 5.41) is 3.05. The molecule has 3 aliphatic rings. The summed E-state index contributed by atoms with van der Waals surface area (Å²) in [5.74, 6) is 0. The van der Waals surface area contributed by atoms with Gasteiger partial charge in [-0.2, -0.15) is 0 Å². The van der Waals surface area contributed by atoms with Gasteiger partial charge in [-0.1, -0.05) is 0 Å². The molecule has 3 rings (SSSR count). The van der Waals surface area contributed by atoms with Crippen LogP contribution < -0.4 is 5.32 Å². The zero-order valence-electron chi connectivity index (χ0n) is 17.1. The second-order valence-electron chi connectivity index (χ2n) is 7.63. The van der Waals surface area contributed by atoms with Gasteiger partial charge in [0.2, 0.25) is 0 Å². The van der Waals surface area contributed by atoms with E-state index in [0.29, 0.717) is 19.2 Å². The van der Waals surface area contributed by atoms with E-state index < -0.39 is 0 Å². The van der Waals surface area contributed by atoms with Crippen molar-refractivity contribution in [3.05, 3.63) is 0 Å². The Morgan fingerprint density at radius 3 is 2.29 bits per heavy atom. The summed E-state index contributed by atoms with van der Waals surface area (Å²) in [4.78, 5) is 32.7. The number of piperazine rings is 1. The zero-order valence-corrected chi connectivity index (χ0v) is 17.1. The van der Waals surface area contributed by atoms with E-state index in [2.05, 4.69) is 15.1 Å². The van der Waals surface area contributed by atoms with Gasteiger partial charge in [0.05, 0.1) is 19.8 Å². The number of hydrogen-bond acceptors (Lipinski definition) is 6. The lowest BCUT2D eigenvalue weighted by Crippen LogP contribution is -2.56. The summed E-state index contributed by atoms with van der Waals surface area (Å²) in [7, 11) is 0. The van der Waals surface area contributed by atoms with Gasteiger partial charge >= 0.3 is 12.1 Å². The molecule has 1 N–H and O–H groups in total. The molecule has 9 heteroatoms. The Morgan fingerprint density at radius 2 is 1.64 bits per heavy atom. The first-order chi connectivity index (χ1) is 13.7. The van der Waals surface area contributed by atoms with Gasteiger partial charge in [-0.05, 0) is 19.8 Å². The van der Waals surface area contributed by atoms with Crippen LogP contribution in [0.25, 0.3) is 0 Å². The van der Waals surface area contributed by atoms with E-state index in [0.717, 1.165) is 85.0 Å². The Morgan fingerprint density at radius 1 is 0.964 bits per heavy atom. The van der Waals surface area contributed by atoms with Crippen molar-refractivity contribution in [3.8, 4) is 0 Å². The quantitative estimate of drug-likeness (QED) is 0.718. The maximum Gasteiger partial charge on any atom is 0.409 e. The highest BCUT2D eigenvalue weighted by Gasteiger charge is 2.30. The standard InChI is InChI=1S/C19H35N5O4/c1-2-28-19(26)24-6-3-17(4-7-24)22-9-11-23(12-10-22)18(25)20-5-8-21-13-15-27-16-14-21/h17H,2-16H2,1H3,(H,20,25). The fourth-order valence-corrected chi connectivity index (χ4v) is 4.18. The molecule has 0 aliphatic carbocycles. The summed E-state index contributed by atoms with van der Waals surface area (Å²) in [6.07, 6.45) is 1.76. The topological polar surface area (TPSA) is 77.6 Å². The largest absolute Gasteiger partial charge is 0.450 e. The van der Waals surface area contributed by atoms with Crippen molar-refractivity contribution in [1.29, 1.82) is 0 Å². The van der Waals surface area contributed by atoms with Gasteiger partial charge in [0.15, 0.2) is 0 Å². The van der Waals surface area contributed by atoms with Gasteiger partial charge in [-0.15, -0.1) is 0 Å². The molecule has 28 heavy (non-hydrogen) atoms. The third kappa shape index (κ3) is 5.96. The number of carbonyl (C=O) groups excluding carboxylic acids is 2. The number of amides is 3. The van der Waals surface area contributed by atoms with Gasteiger partial charge in [0, 0.05) is 71.5 Å². The molecule has 0 aromatic rings. The smallest absolute Gasteiger partial charge is 0.409 e. The maximum atomic E-state index is 12.4. The number of piperidine rings is 1. The Kier molecular flexibility index (Phi) is 8.17. The Balaban J connectivity index is 1.31. The lowest BCUT2D eigenvalue weighted by Gasteiger charge is -2.42. The maximum absolute atomic E-state index is 12.4. The molecule has 0 saturated carbocycles. The van der Waals surface area contributed by atoms with Crippen LogP contribution in [0.4, 0.5) is 9.59 Å². The van der Waals surface area contributed by atoms with E-state index in [9.17, 15) is 9.59 Å². The van der Waals surface area contributed by atoms with E-state index in [1.165, 1.54) is 0 Å². The first-order valence-electron chi connectivity index (χ1n) is 10.7. The molecule has 0 aromatic carbocycles. The number of nitrogens with one attached hydrogen (secondary N) is 1. The van der Waals surface area contributed by atoms with E-state index >= 15 is 0 Å². The van der Waals surface area contributed by atoms with Crippen LogP contribution in [0, 0.1) is 0 Å². The van der Waals surface area contributed by atoms with Crippen molar-refractivity contribution in [2.45, 2.75) is 25.8 Å². The summed E-state index contributed by atoms with van der Waals surface area (Å²) in [6.45, 7) is 12.1. The van der Waals surface area contributed by atoms with Crippen molar-refractivity contribution in [2.75, 3.05) is 85.3 Å². The Labute approximate surface area is 167 Å². The van der Waals surface area contributed by atoms with E-state index in [-0.39, 0.29) is 12.1 Å². The minimum Gasteiger partial charge on any atom is -0.450 e. The third-order valence-electron chi connectivity index (χ3n) is 5.92. The molecule has 3 heterocycles. The first kappa shape index (κ1) is 21.1. The van der Waals surface area contributed by atoms with Crippen LogP contribution in [0.5, 0.6) is 0 Å². The van der Waals surface area contributed by atoms with Crippen LogP contribution in [0.15, 0.2) is 0 Å². The predicted molar refractivity (Wildman–Crippen MR) is 105 cm³/mol. The van der Waals surface area contributed by atoms with Crippen molar-refractivity contribution >= 4 is 12.1 Å². The summed E-state index contributed by atoms with van der Waals surface area (Å²) in [5.41, 5.74) is 0. The minimum absolute atomic E-state index is 0.0463. The number of morpholine rings is 1. The lowest BCUT2D eigenvalue weighted by atomic mass is 10.0. The number of urea groups is 1. The van der Waals surface area contributed by atoms with Crippen LogP contribution in [0.3, 0.4) is 0 Å². The normalized spacial score (nSPS) is 22.9. The van der Waals surface area contributed by atoms with Crippen molar-refractivity contribution in [3.63, 3.8) is 0 Å². The number of ether oxygens (including phenoxy) is 2. The van der Waals surface area contributed by atoms with Gasteiger partial charge in [0.25, 0.3) is 0 Å². The fourth-order valence-electron chi connectivity index (χ4n) is 4.18. The molecule has 0 unspecified atom stereocenters. The van der Waals surface area contributed by atoms with Gasteiger partial charge in [-0.3, -0.25) is 9.80 Å². The fraction of sp³-hybridized carbons (Fsp3) is 0.895. The van der Waals surface area contributed by atoms with Crippen LogP contribution in [0.2, 0.25) is 0 Å². The van der Waals surface area contributed by atoms with Gasteiger partial charge in [-0.25, -0.2) is 9.59 Å². The van der Waals surface area contributed by atoms with Crippen molar-refractivity contribution in [1.82, 2.24) is 24.9 Å². The van der Waals surface area contributed by atoms with Crippen LogP contribution >= 0.6 is 0 Å². The number of rotatable bonds is 5. The molecular formula is C19H35N5O4. The highest BCUT2D eigenvalue weighted by molar-refractivity contribution is 5.74. The average Bonchev–Trinajstić information content (AvgIpc) is 2.75. The monoisotopic (exact) mass is 397 g/mol. The predicted octanol–water partition coefficient (Wildman–Crippen LogP) is 0.267.